The topological polar surface area (TPSA) is 92.5 Å². The number of hydrazone groups is 1. The molecule has 1 unspecified atom stereocenters. The first kappa shape index (κ1) is 27.8. The van der Waals surface area contributed by atoms with Crippen molar-refractivity contribution in [2.45, 2.75) is 37.5 Å². The molecule has 8 nitrogen and oxygen atoms in total. The molecular formula is C30H29BrN6O2S. The number of aromatic nitrogens is 3. The highest BCUT2D eigenvalue weighted by Gasteiger charge is 2.33. The normalized spacial score (nSPS) is 14.7. The molecule has 0 fully saturated rings. The molecule has 1 N–H and O–H groups in total. The Hall–Kier alpha value is -3.76. The maximum atomic E-state index is 13.5. The van der Waals surface area contributed by atoms with E-state index < -0.39 is 0 Å². The second kappa shape index (κ2) is 12.6. The Bertz CT molecular complexity index is 1520. The lowest BCUT2D eigenvalue weighted by Crippen LogP contribution is -2.28. The van der Waals surface area contributed by atoms with Crippen LogP contribution in [0.4, 0.5) is 0 Å². The second-order valence-corrected chi connectivity index (χ2v) is 11.5. The number of amides is 2. The first-order chi connectivity index (χ1) is 19.4. The predicted molar refractivity (Wildman–Crippen MR) is 160 cm³/mol. The Morgan fingerprint density at radius 3 is 2.45 bits per heavy atom. The number of aryl methyl sites for hydroxylation is 1. The monoisotopic (exact) mass is 616 g/mol. The third kappa shape index (κ3) is 6.68. The van der Waals surface area contributed by atoms with Crippen LogP contribution in [0.25, 0.3) is 0 Å². The summed E-state index contributed by atoms with van der Waals surface area (Å²) < 4.78 is 2.80. The fraction of sp³-hybridized carbons (Fsp3) is 0.233. The average molecular weight is 618 g/mol. The summed E-state index contributed by atoms with van der Waals surface area (Å²) in [6.45, 7) is 2.30. The van der Waals surface area contributed by atoms with Crippen molar-refractivity contribution in [1.82, 2.24) is 25.1 Å². The fourth-order valence-corrected chi connectivity index (χ4v) is 5.49. The summed E-state index contributed by atoms with van der Waals surface area (Å²) in [6, 6.07) is 25.6. The summed E-state index contributed by atoms with van der Waals surface area (Å²) in [5.74, 6) is 0.578. The van der Waals surface area contributed by atoms with Crippen molar-refractivity contribution in [1.29, 1.82) is 0 Å². The minimum Gasteiger partial charge on any atom is -0.349 e. The van der Waals surface area contributed by atoms with Gasteiger partial charge in [-0.25, -0.2) is 5.01 Å². The van der Waals surface area contributed by atoms with Gasteiger partial charge in [0.25, 0.3) is 5.91 Å². The molecule has 0 saturated heterocycles. The van der Waals surface area contributed by atoms with Crippen molar-refractivity contribution in [3.8, 4) is 0 Å². The van der Waals surface area contributed by atoms with Crippen LogP contribution in [0.5, 0.6) is 0 Å². The fourth-order valence-electron chi connectivity index (χ4n) is 4.44. The highest BCUT2D eigenvalue weighted by atomic mass is 79.9. The first-order valence-electron chi connectivity index (χ1n) is 12.9. The van der Waals surface area contributed by atoms with Crippen LogP contribution in [0.15, 0.2) is 93.6 Å². The van der Waals surface area contributed by atoms with E-state index in [1.165, 1.54) is 17.3 Å². The molecule has 1 aromatic heterocycles. The Kier molecular flexibility index (Phi) is 8.76. The van der Waals surface area contributed by atoms with Crippen LogP contribution in [-0.4, -0.2) is 43.1 Å². The van der Waals surface area contributed by atoms with Crippen LogP contribution in [0, 0.1) is 6.92 Å². The van der Waals surface area contributed by atoms with Gasteiger partial charge >= 0.3 is 0 Å². The number of hydrogen-bond acceptors (Lipinski definition) is 6. The maximum Gasteiger partial charge on any atom is 0.253 e. The number of halogens is 1. The number of rotatable bonds is 9. The number of nitrogens with one attached hydrogen (secondary N) is 1. The molecule has 0 aliphatic carbocycles. The lowest BCUT2D eigenvalue weighted by molar-refractivity contribution is -0.130. The van der Waals surface area contributed by atoms with Gasteiger partial charge in [-0.05, 0) is 35.7 Å². The van der Waals surface area contributed by atoms with E-state index in [0.29, 0.717) is 23.8 Å². The summed E-state index contributed by atoms with van der Waals surface area (Å²) >= 11 is 4.79. The van der Waals surface area contributed by atoms with Gasteiger partial charge in [-0.15, -0.1) is 10.2 Å². The number of carbonyl (C=O) groups excluding carboxylic acids is 2. The predicted octanol–water partition coefficient (Wildman–Crippen LogP) is 5.21. The molecule has 0 saturated carbocycles. The van der Waals surface area contributed by atoms with Gasteiger partial charge in [0.1, 0.15) is 0 Å². The Morgan fingerprint density at radius 2 is 1.73 bits per heavy atom. The van der Waals surface area contributed by atoms with Crippen LogP contribution < -0.4 is 5.32 Å². The number of thioether (sulfide) groups is 1. The van der Waals surface area contributed by atoms with E-state index >= 15 is 0 Å². The van der Waals surface area contributed by atoms with Crippen molar-refractivity contribution < 1.29 is 9.59 Å². The molecule has 5 rings (SSSR count). The molecule has 204 valence electrons. The molecule has 10 heteroatoms. The molecule has 0 radical (unpaired) electrons. The second-order valence-electron chi connectivity index (χ2n) is 9.61. The summed E-state index contributed by atoms with van der Waals surface area (Å²) in [5.41, 5.74) is 5.04. The van der Waals surface area contributed by atoms with Gasteiger partial charge in [-0.1, -0.05) is 100.0 Å². The van der Waals surface area contributed by atoms with Gasteiger partial charge in [-0.2, -0.15) is 5.10 Å². The minimum absolute atomic E-state index is 0.0887. The van der Waals surface area contributed by atoms with Crippen LogP contribution >= 0.6 is 27.7 Å². The summed E-state index contributed by atoms with van der Waals surface area (Å²) in [6.07, 6.45) is 0.938. The highest BCUT2D eigenvalue weighted by Crippen LogP contribution is 2.34. The van der Waals surface area contributed by atoms with Crippen LogP contribution in [0.3, 0.4) is 0 Å². The molecule has 1 aliphatic rings. The van der Waals surface area contributed by atoms with Crippen molar-refractivity contribution >= 4 is 45.2 Å². The van der Waals surface area contributed by atoms with Gasteiger partial charge < -0.3 is 9.88 Å². The zero-order valence-corrected chi connectivity index (χ0v) is 24.7. The summed E-state index contributed by atoms with van der Waals surface area (Å²) in [5, 5.41) is 18.3. The number of benzene rings is 3. The third-order valence-corrected chi connectivity index (χ3v) is 8.24. The largest absolute Gasteiger partial charge is 0.349 e. The molecule has 0 spiro atoms. The van der Waals surface area contributed by atoms with E-state index in [1.807, 2.05) is 68.6 Å². The standard InChI is InChI=1S/C30H29BrN6O2S/c1-20-8-10-23(11-9-20)26-17-25(22-12-14-24(31)15-13-22)35-37(26)29(39)19-40-30-34-33-27(36(30)2)18-32-28(38)16-21-6-4-3-5-7-21/h3-15,26H,16-19H2,1-2H3,(H,32,38). The van der Waals surface area contributed by atoms with Crippen LogP contribution in [-0.2, 0) is 29.6 Å². The van der Waals surface area contributed by atoms with Gasteiger partial charge in [0.15, 0.2) is 11.0 Å². The lowest BCUT2D eigenvalue weighted by atomic mass is 9.98. The summed E-state index contributed by atoms with van der Waals surface area (Å²) in [7, 11) is 1.83. The smallest absolute Gasteiger partial charge is 0.253 e. The third-order valence-electron chi connectivity index (χ3n) is 6.71. The summed E-state index contributed by atoms with van der Waals surface area (Å²) in [4.78, 5) is 25.8. The van der Waals surface area contributed by atoms with Gasteiger partial charge in [0, 0.05) is 17.9 Å². The van der Waals surface area contributed by atoms with Gasteiger partial charge in [0.05, 0.1) is 30.5 Å². The van der Waals surface area contributed by atoms with Crippen LogP contribution in [0.1, 0.15) is 40.5 Å². The van der Waals surface area contributed by atoms with E-state index in [1.54, 1.807) is 9.58 Å². The molecule has 0 bridgehead atoms. The number of hydrogen-bond donors (Lipinski definition) is 1. The Labute approximate surface area is 246 Å². The molecular weight excluding hydrogens is 588 g/mol. The molecule has 40 heavy (non-hydrogen) atoms. The van der Waals surface area contributed by atoms with E-state index in [4.69, 9.17) is 5.10 Å². The lowest BCUT2D eigenvalue weighted by Gasteiger charge is -2.22. The average Bonchev–Trinajstić information content (AvgIpc) is 3.56. The van der Waals surface area contributed by atoms with Crippen LogP contribution in [0.2, 0.25) is 0 Å². The van der Waals surface area contributed by atoms with E-state index in [9.17, 15) is 9.59 Å². The number of carbonyl (C=O) groups is 2. The number of nitrogens with zero attached hydrogens (tertiary/aromatic N) is 5. The molecule has 4 aromatic rings. The van der Waals surface area contributed by atoms with E-state index in [-0.39, 0.29) is 30.2 Å². The van der Waals surface area contributed by atoms with Gasteiger partial charge in [0.2, 0.25) is 5.91 Å². The zero-order valence-electron chi connectivity index (χ0n) is 22.3. The van der Waals surface area contributed by atoms with Crippen molar-refractivity contribution in [2.24, 2.45) is 12.1 Å². The molecule has 3 aromatic carbocycles. The Morgan fingerprint density at radius 1 is 1.00 bits per heavy atom. The molecule has 2 amide bonds. The molecule has 1 atom stereocenters. The first-order valence-corrected chi connectivity index (χ1v) is 14.7. The minimum atomic E-state index is -0.178. The quantitative estimate of drug-likeness (QED) is 0.260. The van der Waals surface area contributed by atoms with Gasteiger partial charge in [-0.3, -0.25) is 9.59 Å². The SMILES string of the molecule is Cc1ccc(C2CC(c3ccc(Br)cc3)=NN2C(=O)CSc2nnc(CNC(=O)Cc3ccccc3)n2C)cc1. The zero-order chi connectivity index (χ0) is 28.1. The Balaban J connectivity index is 1.24. The van der Waals surface area contributed by atoms with E-state index in [2.05, 4.69) is 55.7 Å². The van der Waals surface area contributed by atoms with Crippen molar-refractivity contribution in [3.63, 3.8) is 0 Å². The molecule has 2 heterocycles. The maximum absolute atomic E-state index is 13.5. The molecule has 1 aliphatic heterocycles. The van der Waals surface area contributed by atoms with Crippen molar-refractivity contribution in [2.75, 3.05) is 5.75 Å². The highest BCUT2D eigenvalue weighted by molar-refractivity contribution is 9.10. The van der Waals surface area contributed by atoms with Crippen molar-refractivity contribution in [3.05, 3.63) is 111 Å². The van der Waals surface area contributed by atoms with E-state index in [0.717, 1.165) is 26.9 Å².